The van der Waals surface area contributed by atoms with Crippen molar-refractivity contribution in [2.45, 2.75) is 18.3 Å². The fraction of sp³-hybridized carbons (Fsp3) is 0.138. The Hall–Kier alpha value is -4.72. The summed E-state index contributed by atoms with van der Waals surface area (Å²) in [5, 5.41) is 6.13. The van der Waals surface area contributed by atoms with Gasteiger partial charge in [0, 0.05) is 29.0 Å². The molecule has 7 nitrogen and oxygen atoms in total. The van der Waals surface area contributed by atoms with Crippen molar-refractivity contribution >= 4 is 34.7 Å². The van der Waals surface area contributed by atoms with E-state index >= 15 is 0 Å². The second-order valence-electron chi connectivity index (χ2n) is 9.22. The number of nitrogens with one attached hydrogen (secondary N) is 2. The standard InChI is InChI=1S/C29H24FN5O2/c1-2-26(36)35-18-29(14-15-29)23-13-10-20(16-25(23)35)32-27-24(30)17-31-28(34-27)33-19-8-11-22(12-9-19)37-21-6-4-3-5-7-21/h2-13,16-17H,1,14-15,18H2,(H2,31,32,33,34). The second-order valence-corrected chi connectivity index (χ2v) is 9.22. The Morgan fingerprint density at radius 1 is 1.00 bits per heavy atom. The molecule has 1 aliphatic carbocycles. The molecule has 2 aliphatic rings. The SMILES string of the molecule is C=CC(=O)N1CC2(CC2)c2ccc(Nc3nc(Nc4ccc(Oc5ccccc5)cc4)ncc3F)cc21. The van der Waals surface area contributed by atoms with Crippen LogP contribution < -0.4 is 20.3 Å². The second kappa shape index (κ2) is 9.05. The lowest BCUT2D eigenvalue weighted by molar-refractivity contribution is -0.114. The zero-order chi connectivity index (χ0) is 25.4. The van der Waals surface area contributed by atoms with Gasteiger partial charge in [-0.05, 0) is 73.0 Å². The van der Waals surface area contributed by atoms with Crippen LogP contribution in [0, 0.1) is 5.82 Å². The zero-order valence-corrected chi connectivity index (χ0v) is 19.9. The van der Waals surface area contributed by atoms with Gasteiger partial charge in [0.05, 0.1) is 6.20 Å². The van der Waals surface area contributed by atoms with Gasteiger partial charge in [0.2, 0.25) is 11.9 Å². The van der Waals surface area contributed by atoms with E-state index in [1.165, 1.54) is 6.08 Å². The molecule has 2 heterocycles. The number of nitrogens with zero attached hydrogens (tertiary/aromatic N) is 3. The topological polar surface area (TPSA) is 79.4 Å². The first kappa shape index (κ1) is 22.7. The van der Waals surface area contributed by atoms with Crippen LogP contribution in [0.15, 0.2) is 91.6 Å². The van der Waals surface area contributed by atoms with Gasteiger partial charge in [-0.25, -0.2) is 9.37 Å². The Bertz CT molecular complexity index is 1490. The molecular formula is C29H24FN5O2. The molecule has 6 rings (SSSR count). The highest BCUT2D eigenvalue weighted by Gasteiger charge is 2.52. The fourth-order valence-corrected chi connectivity index (χ4v) is 4.65. The lowest BCUT2D eigenvalue weighted by atomic mass is 9.98. The van der Waals surface area contributed by atoms with Crippen molar-refractivity contribution in [3.05, 3.63) is 103 Å². The van der Waals surface area contributed by atoms with Gasteiger partial charge >= 0.3 is 0 Å². The first-order valence-corrected chi connectivity index (χ1v) is 12.0. The van der Waals surface area contributed by atoms with Crippen molar-refractivity contribution in [1.82, 2.24) is 9.97 Å². The van der Waals surface area contributed by atoms with Crippen LogP contribution in [0.1, 0.15) is 18.4 Å². The number of amides is 1. The number of carbonyl (C=O) groups is 1. The zero-order valence-electron chi connectivity index (χ0n) is 19.9. The summed E-state index contributed by atoms with van der Waals surface area (Å²) in [7, 11) is 0. The number of hydrogen-bond acceptors (Lipinski definition) is 6. The van der Waals surface area contributed by atoms with E-state index in [0.717, 1.165) is 41.7 Å². The van der Waals surface area contributed by atoms with Crippen molar-refractivity contribution in [2.75, 3.05) is 22.1 Å². The van der Waals surface area contributed by atoms with Gasteiger partial charge < -0.3 is 20.3 Å². The monoisotopic (exact) mass is 493 g/mol. The summed E-state index contributed by atoms with van der Waals surface area (Å²) in [5.74, 6) is 0.978. The van der Waals surface area contributed by atoms with Gasteiger partial charge in [0.15, 0.2) is 11.6 Å². The lowest BCUT2D eigenvalue weighted by Crippen LogP contribution is -2.29. The number of hydrogen-bond donors (Lipinski definition) is 2. The molecule has 0 atom stereocenters. The van der Waals surface area contributed by atoms with E-state index in [-0.39, 0.29) is 23.1 Å². The van der Waals surface area contributed by atoms with Crippen LogP contribution >= 0.6 is 0 Å². The van der Waals surface area contributed by atoms with Gasteiger partial charge in [0.25, 0.3) is 0 Å². The van der Waals surface area contributed by atoms with E-state index in [2.05, 4.69) is 27.2 Å². The Balaban J connectivity index is 1.19. The first-order chi connectivity index (χ1) is 18.0. The molecule has 2 N–H and O–H groups in total. The molecule has 37 heavy (non-hydrogen) atoms. The normalized spacial score (nSPS) is 14.7. The maximum atomic E-state index is 14.6. The molecule has 1 saturated carbocycles. The van der Waals surface area contributed by atoms with E-state index in [4.69, 9.17) is 4.74 Å². The molecule has 0 unspecified atom stereocenters. The predicted octanol–water partition coefficient (Wildman–Crippen LogP) is 6.46. The van der Waals surface area contributed by atoms with Crippen molar-refractivity contribution in [1.29, 1.82) is 0 Å². The van der Waals surface area contributed by atoms with Gasteiger partial charge in [-0.1, -0.05) is 30.8 Å². The number of anilines is 5. The van der Waals surface area contributed by atoms with Crippen LogP contribution in [-0.4, -0.2) is 22.4 Å². The van der Waals surface area contributed by atoms with Crippen LogP contribution in [0.5, 0.6) is 11.5 Å². The maximum absolute atomic E-state index is 14.6. The molecule has 0 saturated heterocycles. The first-order valence-electron chi connectivity index (χ1n) is 12.0. The van der Waals surface area contributed by atoms with Crippen molar-refractivity contribution < 1.29 is 13.9 Å². The van der Waals surface area contributed by atoms with Gasteiger partial charge in [-0.3, -0.25) is 4.79 Å². The van der Waals surface area contributed by atoms with Gasteiger partial charge in [0.1, 0.15) is 11.5 Å². The minimum atomic E-state index is -0.588. The third-order valence-corrected chi connectivity index (χ3v) is 6.71. The summed E-state index contributed by atoms with van der Waals surface area (Å²) in [5.41, 5.74) is 3.38. The van der Waals surface area contributed by atoms with E-state index in [1.54, 1.807) is 4.90 Å². The van der Waals surface area contributed by atoms with Crippen LogP contribution in [0.3, 0.4) is 0 Å². The summed E-state index contributed by atoms with van der Waals surface area (Å²) in [4.78, 5) is 22.6. The van der Waals surface area contributed by atoms with Crippen LogP contribution in [0.2, 0.25) is 0 Å². The Morgan fingerprint density at radius 3 is 2.46 bits per heavy atom. The summed E-state index contributed by atoms with van der Waals surface area (Å²) in [6.07, 6.45) is 4.56. The van der Waals surface area contributed by atoms with Crippen LogP contribution in [0.4, 0.5) is 33.2 Å². The number of halogens is 1. The lowest BCUT2D eigenvalue weighted by Gasteiger charge is -2.16. The number of para-hydroxylation sites is 1. The highest BCUT2D eigenvalue weighted by atomic mass is 19.1. The molecule has 1 aromatic heterocycles. The molecular weight excluding hydrogens is 469 g/mol. The highest BCUT2D eigenvalue weighted by molar-refractivity contribution is 6.04. The third kappa shape index (κ3) is 4.49. The maximum Gasteiger partial charge on any atom is 0.250 e. The van der Waals surface area contributed by atoms with Gasteiger partial charge in [-0.2, -0.15) is 4.98 Å². The highest BCUT2D eigenvalue weighted by Crippen LogP contribution is 2.57. The Labute approximate surface area is 213 Å². The van der Waals surface area contributed by atoms with E-state index in [0.29, 0.717) is 18.0 Å². The molecule has 0 radical (unpaired) electrons. The minimum absolute atomic E-state index is 0.0298. The van der Waals surface area contributed by atoms with Crippen molar-refractivity contribution in [3.8, 4) is 11.5 Å². The molecule has 184 valence electrons. The van der Waals surface area contributed by atoms with E-state index < -0.39 is 5.82 Å². The molecule has 0 bridgehead atoms. The quantitative estimate of drug-likeness (QED) is 0.288. The summed E-state index contributed by atoms with van der Waals surface area (Å²) in [6, 6.07) is 22.6. The molecule has 3 aromatic carbocycles. The number of carbonyl (C=O) groups excluding carboxylic acids is 1. The summed E-state index contributed by atoms with van der Waals surface area (Å²) in [6.45, 7) is 4.28. The Morgan fingerprint density at radius 2 is 1.73 bits per heavy atom. The van der Waals surface area contributed by atoms with Crippen LogP contribution in [0.25, 0.3) is 0 Å². The van der Waals surface area contributed by atoms with E-state index in [9.17, 15) is 9.18 Å². The van der Waals surface area contributed by atoms with Gasteiger partial charge in [-0.15, -0.1) is 0 Å². The molecule has 1 spiro atoms. The van der Waals surface area contributed by atoms with E-state index in [1.807, 2.05) is 72.8 Å². The summed E-state index contributed by atoms with van der Waals surface area (Å²) >= 11 is 0. The number of aromatic nitrogens is 2. The predicted molar refractivity (Wildman–Crippen MR) is 141 cm³/mol. The smallest absolute Gasteiger partial charge is 0.250 e. The largest absolute Gasteiger partial charge is 0.457 e. The number of benzene rings is 3. The molecule has 1 aliphatic heterocycles. The number of fused-ring (bicyclic) bond motifs is 2. The average Bonchev–Trinajstić information content (AvgIpc) is 3.63. The Kier molecular flexibility index (Phi) is 5.56. The molecule has 4 aromatic rings. The van der Waals surface area contributed by atoms with Crippen molar-refractivity contribution in [3.63, 3.8) is 0 Å². The number of rotatable bonds is 7. The van der Waals surface area contributed by atoms with Crippen LogP contribution in [-0.2, 0) is 10.2 Å². The van der Waals surface area contributed by atoms with Crippen molar-refractivity contribution in [2.24, 2.45) is 0 Å². The average molecular weight is 494 g/mol. The fourth-order valence-electron chi connectivity index (χ4n) is 4.65. The minimum Gasteiger partial charge on any atom is -0.457 e. The summed E-state index contributed by atoms with van der Waals surface area (Å²) < 4.78 is 20.4. The number of ether oxygens (including phenoxy) is 1. The molecule has 8 heteroatoms. The third-order valence-electron chi connectivity index (χ3n) is 6.71. The molecule has 1 amide bonds. The molecule has 1 fully saturated rings.